The molecule has 0 bridgehead atoms. The van der Waals surface area contributed by atoms with Gasteiger partial charge < -0.3 is 9.84 Å². The minimum absolute atomic E-state index is 0.0135. The molecule has 1 aliphatic rings. The number of hydrogen-bond acceptors (Lipinski definition) is 2. The molecule has 3 nitrogen and oxygen atoms in total. The van der Waals surface area contributed by atoms with Crippen LogP contribution in [0.15, 0.2) is 54.1 Å². The molecule has 1 unspecified atom stereocenters. The Bertz CT molecular complexity index is 822. The van der Waals surface area contributed by atoms with Gasteiger partial charge in [-0.15, -0.1) is 0 Å². The van der Waals surface area contributed by atoms with Crippen LogP contribution in [-0.2, 0) is 10.4 Å². The molecule has 2 aromatic rings. The van der Waals surface area contributed by atoms with E-state index in [1.807, 2.05) is 0 Å². The summed E-state index contributed by atoms with van der Waals surface area (Å²) in [5.41, 5.74) is -3.14. The average molecular weight is 334 g/mol. The first-order chi connectivity index (χ1) is 11.3. The van der Waals surface area contributed by atoms with Crippen molar-refractivity contribution in [3.05, 3.63) is 70.8 Å². The number of halogens is 3. The minimum Gasteiger partial charge on any atom is -0.478 e. The Kier molecular flexibility index (Phi) is 3.63. The van der Waals surface area contributed by atoms with E-state index in [1.165, 1.54) is 42.5 Å². The molecule has 1 heterocycles. The van der Waals surface area contributed by atoms with Gasteiger partial charge in [0, 0.05) is 11.1 Å². The number of carboxylic acid groups (broad SMARTS) is 1. The molecule has 0 radical (unpaired) electrons. The Morgan fingerprint density at radius 3 is 2.29 bits per heavy atom. The molecule has 3 rings (SSSR count). The Labute approximate surface area is 136 Å². The van der Waals surface area contributed by atoms with Crippen molar-refractivity contribution in [2.24, 2.45) is 0 Å². The zero-order valence-corrected chi connectivity index (χ0v) is 12.6. The number of carbonyl (C=O) groups is 1. The van der Waals surface area contributed by atoms with E-state index in [9.17, 15) is 23.1 Å². The van der Waals surface area contributed by atoms with Crippen molar-refractivity contribution in [3.63, 3.8) is 0 Å². The van der Waals surface area contributed by atoms with Crippen molar-refractivity contribution in [3.8, 4) is 5.75 Å². The number of ether oxygens (including phenoxy) is 1. The van der Waals surface area contributed by atoms with E-state index in [1.54, 1.807) is 13.0 Å². The lowest BCUT2D eigenvalue weighted by molar-refractivity contribution is -0.240. The van der Waals surface area contributed by atoms with Crippen LogP contribution in [0, 0.1) is 6.92 Å². The van der Waals surface area contributed by atoms with Crippen molar-refractivity contribution in [2.75, 3.05) is 0 Å². The van der Waals surface area contributed by atoms with Crippen molar-refractivity contribution in [1.82, 2.24) is 0 Å². The smallest absolute Gasteiger partial charge is 0.437 e. The standard InChI is InChI=1S/C18H13F3O3/c1-11-6-8-13(9-7-11)17(18(19,20)21)14(16(22)23)10-12-4-2-3-5-15(12)24-17/h2-10H,1H3,(H,22,23). The molecule has 0 saturated heterocycles. The molecule has 1 aliphatic heterocycles. The first-order valence-electron chi connectivity index (χ1n) is 7.13. The van der Waals surface area contributed by atoms with Crippen LogP contribution in [0.2, 0.25) is 0 Å². The third kappa shape index (κ3) is 2.35. The van der Waals surface area contributed by atoms with Gasteiger partial charge in [0.25, 0.3) is 5.60 Å². The summed E-state index contributed by atoms with van der Waals surface area (Å²) in [5, 5.41) is 9.43. The molecule has 2 aromatic carbocycles. The second-order valence-electron chi connectivity index (χ2n) is 5.55. The van der Waals surface area contributed by atoms with E-state index < -0.39 is 23.3 Å². The molecule has 0 aromatic heterocycles. The summed E-state index contributed by atoms with van der Waals surface area (Å²) >= 11 is 0. The molecular formula is C18H13F3O3. The molecule has 124 valence electrons. The minimum atomic E-state index is -4.96. The van der Waals surface area contributed by atoms with Crippen molar-refractivity contribution < 1.29 is 27.8 Å². The fourth-order valence-corrected chi connectivity index (χ4v) is 2.76. The number of rotatable bonds is 2. The Hall–Kier alpha value is -2.76. The average Bonchev–Trinajstić information content (AvgIpc) is 2.53. The fraction of sp³-hybridized carbons (Fsp3) is 0.167. The van der Waals surface area contributed by atoms with E-state index in [0.29, 0.717) is 5.56 Å². The number of fused-ring (bicyclic) bond motifs is 1. The van der Waals surface area contributed by atoms with Gasteiger partial charge in [-0.3, -0.25) is 0 Å². The monoisotopic (exact) mass is 334 g/mol. The number of para-hydroxylation sites is 1. The molecule has 1 N–H and O–H groups in total. The summed E-state index contributed by atoms with van der Waals surface area (Å²) in [7, 11) is 0. The molecule has 0 amide bonds. The summed E-state index contributed by atoms with van der Waals surface area (Å²) in [6.45, 7) is 1.73. The lowest BCUT2D eigenvalue weighted by atomic mass is 9.81. The van der Waals surface area contributed by atoms with Gasteiger partial charge in [-0.25, -0.2) is 4.79 Å². The SMILES string of the molecule is Cc1ccc(C2(C(F)(F)F)Oc3ccccc3C=C2C(=O)O)cc1. The second-order valence-corrected chi connectivity index (χ2v) is 5.55. The summed E-state index contributed by atoms with van der Waals surface area (Å²) < 4.78 is 47.5. The van der Waals surface area contributed by atoms with Crippen LogP contribution in [0.5, 0.6) is 5.75 Å². The van der Waals surface area contributed by atoms with Crippen LogP contribution >= 0.6 is 0 Å². The largest absolute Gasteiger partial charge is 0.478 e. The van der Waals surface area contributed by atoms with Crippen molar-refractivity contribution in [2.45, 2.75) is 18.7 Å². The Morgan fingerprint density at radius 1 is 1.08 bits per heavy atom. The molecular weight excluding hydrogens is 321 g/mol. The molecule has 1 atom stereocenters. The lowest BCUT2D eigenvalue weighted by Gasteiger charge is -2.39. The molecule has 6 heteroatoms. The van der Waals surface area contributed by atoms with Crippen LogP contribution in [0.3, 0.4) is 0 Å². The third-order valence-electron chi connectivity index (χ3n) is 3.95. The zero-order chi connectivity index (χ0) is 17.5. The first-order valence-corrected chi connectivity index (χ1v) is 7.13. The molecule has 0 aliphatic carbocycles. The molecule has 0 saturated carbocycles. The summed E-state index contributed by atoms with van der Waals surface area (Å²) in [4.78, 5) is 11.6. The maximum Gasteiger partial charge on any atom is 0.437 e. The highest BCUT2D eigenvalue weighted by molar-refractivity contribution is 5.96. The summed E-state index contributed by atoms with van der Waals surface area (Å²) in [5.74, 6) is -1.69. The van der Waals surface area contributed by atoms with Crippen LogP contribution in [0.4, 0.5) is 13.2 Å². The van der Waals surface area contributed by atoms with E-state index in [-0.39, 0.29) is 11.3 Å². The van der Waals surface area contributed by atoms with Gasteiger partial charge in [0.2, 0.25) is 0 Å². The first kappa shape index (κ1) is 16.1. The van der Waals surface area contributed by atoms with Gasteiger partial charge in [-0.2, -0.15) is 13.2 Å². The number of benzene rings is 2. The highest BCUT2D eigenvalue weighted by Gasteiger charge is 2.64. The predicted molar refractivity (Wildman–Crippen MR) is 81.6 cm³/mol. The van der Waals surface area contributed by atoms with Crippen molar-refractivity contribution in [1.29, 1.82) is 0 Å². The van der Waals surface area contributed by atoms with E-state index in [2.05, 4.69) is 0 Å². The lowest BCUT2D eigenvalue weighted by Crippen LogP contribution is -2.52. The maximum absolute atomic E-state index is 14.1. The van der Waals surface area contributed by atoms with Gasteiger partial charge in [0.1, 0.15) is 5.75 Å². The third-order valence-corrected chi connectivity index (χ3v) is 3.95. The number of aryl methyl sites for hydroxylation is 1. The Balaban J connectivity index is 2.33. The molecule has 24 heavy (non-hydrogen) atoms. The normalized spacial score (nSPS) is 19.9. The van der Waals surface area contributed by atoms with Gasteiger partial charge in [0.15, 0.2) is 0 Å². The number of aliphatic carboxylic acids is 1. The van der Waals surface area contributed by atoms with E-state index in [4.69, 9.17) is 4.74 Å². The fourth-order valence-electron chi connectivity index (χ4n) is 2.76. The van der Waals surface area contributed by atoms with Crippen molar-refractivity contribution >= 4 is 12.0 Å². The van der Waals surface area contributed by atoms with Crippen LogP contribution in [0.25, 0.3) is 6.08 Å². The van der Waals surface area contributed by atoms with Gasteiger partial charge in [-0.1, -0.05) is 48.0 Å². The maximum atomic E-state index is 14.1. The van der Waals surface area contributed by atoms with Crippen LogP contribution in [-0.4, -0.2) is 17.3 Å². The number of carboxylic acids is 1. The predicted octanol–water partition coefficient (Wildman–Crippen LogP) is 4.31. The number of hydrogen-bond donors (Lipinski definition) is 1. The quantitative estimate of drug-likeness (QED) is 0.890. The summed E-state index contributed by atoms with van der Waals surface area (Å²) in [6, 6.07) is 11.5. The topological polar surface area (TPSA) is 46.5 Å². The number of alkyl halides is 3. The van der Waals surface area contributed by atoms with Crippen LogP contribution in [0.1, 0.15) is 16.7 Å². The van der Waals surface area contributed by atoms with Gasteiger partial charge >= 0.3 is 12.1 Å². The van der Waals surface area contributed by atoms with Gasteiger partial charge in [0.05, 0.1) is 5.57 Å². The van der Waals surface area contributed by atoms with E-state index >= 15 is 0 Å². The highest BCUT2D eigenvalue weighted by Crippen LogP contribution is 2.51. The highest BCUT2D eigenvalue weighted by atomic mass is 19.4. The summed E-state index contributed by atoms with van der Waals surface area (Å²) in [6.07, 6.45) is -3.94. The second kappa shape index (κ2) is 5.40. The molecule has 0 fully saturated rings. The van der Waals surface area contributed by atoms with Crippen LogP contribution < -0.4 is 4.74 Å². The zero-order valence-electron chi connectivity index (χ0n) is 12.6. The Morgan fingerprint density at radius 2 is 1.71 bits per heavy atom. The van der Waals surface area contributed by atoms with E-state index in [0.717, 1.165) is 11.6 Å². The van der Waals surface area contributed by atoms with Gasteiger partial charge in [-0.05, 0) is 19.1 Å². The molecule has 0 spiro atoms.